The van der Waals surface area contributed by atoms with Crippen LogP contribution in [0.5, 0.6) is 5.75 Å². The minimum atomic E-state index is -4.46. The van der Waals surface area contributed by atoms with Crippen LogP contribution in [0, 0.1) is 0 Å². The van der Waals surface area contributed by atoms with Crippen molar-refractivity contribution in [3.8, 4) is 5.75 Å². The number of rotatable bonds is 7. The Balaban J connectivity index is 1.98. The number of amides is 1. The predicted molar refractivity (Wildman–Crippen MR) is 103 cm³/mol. The SMILES string of the molecule is CCN(CC)c1ccc(/C=N/NC(=O)Cc2cccc(C(F)(F)F)c2)c(O)c1. The molecule has 0 spiro atoms. The number of hydrazone groups is 1. The second kappa shape index (κ2) is 9.25. The minimum Gasteiger partial charge on any atom is -0.507 e. The van der Waals surface area contributed by atoms with Gasteiger partial charge in [-0.1, -0.05) is 18.2 Å². The van der Waals surface area contributed by atoms with E-state index in [0.29, 0.717) is 5.56 Å². The molecule has 8 heteroatoms. The number of hydrogen-bond donors (Lipinski definition) is 2. The number of carbonyl (C=O) groups excluding carboxylic acids is 1. The molecule has 0 aromatic heterocycles. The summed E-state index contributed by atoms with van der Waals surface area (Å²) in [4.78, 5) is 14.0. The number of carbonyl (C=O) groups is 1. The Morgan fingerprint density at radius 1 is 1.18 bits per heavy atom. The third-order valence-corrected chi connectivity index (χ3v) is 4.15. The van der Waals surface area contributed by atoms with E-state index in [0.717, 1.165) is 30.9 Å². The van der Waals surface area contributed by atoms with E-state index in [-0.39, 0.29) is 17.7 Å². The Hall–Kier alpha value is -3.03. The van der Waals surface area contributed by atoms with Crippen molar-refractivity contribution in [3.05, 3.63) is 59.2 Å². The number of halogens is 3. The molecule has 150 valence electrons. The van der Waals surface area contributed by atoms with Crippen LogP contribution >= 0.6 is 0 Å². The summed E-state index contributed by atoms with van der Waals surface area (Å²) >= 11 is 0. The maximum atomic E-state index is 12.7. The number of phenolic OH excluding ortho intramolecular Hbond substituents is 1. The van der Waals surface area contributed by atoms with Crippen molar-refractivity contribution in [1.82, 2.24) is 5.43 Å². The van der Waals surface area contributed by atoms with Crippen molar-refractivity contribution in [2.24, 2.45) is 5.10 Å². The van der Waals surface area contributed by atoms with Crippen LogP contribution in [0.4, 0.5) is 18.9 Å². The molecule has 0 aliphatic carbocycles. The number of nitrogens with one attached hydrogen (secondary N) is 1. The molecule has 0 bridgehead atoms. The summed E-state index contributed by atoms with van der Waals surface area (Å²) < 4.78 is 38.1. The number of aromatic hydroxyl groups is 1. The molecule has 0 atom stereocenters. The van der Waals surface area contributed by atoms with E-state index in [9.17, 15) is 23.1 Å². The minimum absolute atomic E-state index is 0.0141. The number of phenols is 1. The number of alkyl halides is 3. The van der Waals surface area contributed by atoms with Gasteiger partial charge in [-0.05, 0) is 37.6 Å². The van der Waals surface area contributed by atoms with Gasteiger partial charge in [0.05, 0.1) is 18.2 Å². The van der Waals surface area contributed by atoms with Gasteiger partial charge < -0.3 is 10.0 Å². The summed E-state index contributed by atoms with van der Waals surface area (Å²) in [5.41, 5.74) is 2.96. The molecule has 2 rings (SSSR count). The topological polar surface area (TPSA) is 64.9 Å². The number of hydrogen-bond acceptors (Lipinski definition) is 4. The van der Waals surface area contributed by atoms with Crippen LogP contribution in [0.3, 0.4) is 0 Å². The monoisotopic (exact) mass is 393 g/mol. The Labute approximate surface area is 161 Å². The van der Waals surface area contributed by atoms with Gasteiger partial charge in [0.2, 0.25) is 5.91 Å². The number of nitrogens with zero attached hydrogens (tertiary/aromatic N) is 2. The number of anilines is 1. The molecule has 0 unspecified atom stereocenters. The van der Waals surface area contributed by atoms with E-state index in [1.807, 2.05) is 19.9 Å². The highest BCUT2D eigenvalue weighted by atomic mass is 19.4. The van der Waals surface area contributed by atoms with Crippen molar-refractivity contribution in [3.63, 3.8) is 0 Å². The first-order chi connectivity index (χ1) is 13.2. The van der Waals surface area contributed by atoms with Crippen molar-refractivity contribution in [2.45, 2.75) is 26.4 Å². The highest BCUT2D eigenvalue weighted by Gasteiger charge is 2.30. The van der Waals surface area contributed by atoms with Gasteiger partial charge in [-0.15, -0.1) is 0 Å². The van der Waals surface area contributed by atoms with Crippen molar-refractivity contribution in [2.75, 3.05) is 18.0 Å². The predicted octanol–water partition coefficient (Wildman–Crippen LogP) is 3.95. The lowest BCUT2D eigenvalue weighted by Crippen LogP contribution is -2.21. The molecule has 1 amide bonds. The molecule has 2 N–H and O–H groups in total. The summed E-state index contributed by atoms with van der Waals surface area (Å²) in [6.45, 7) is 5.62. The van der Waals surface area contributed by atoms with E-state index < -0.39 is 17.6 Å². The van der Waals surface area contributed by atoms with Crippen molar-refractivity contribution >= 4 is 17.8 Å². The smallest absolute Gasteiger partial charge is 0.416 e. The first kappa shape index (κ1) is 21.3. The third kappa shape index (κ3) is 5.73. The molecule has 0 aliphatic rings. The highest BCUT2D eigenvalue weighted by Crippen LogP contribution is 2.29. The largest absolute Gasteiger partial charge is 0.507 e. The lowest BCUT2D eigenvalue weighted by Gasteiger charge is -2.21. The third-order valence-electron chi connectivity index (χ3n) is 4.15. The molecule has 0 radical (unpaired) electrons. The van der Waals surface area contributed by atoms with Crippen LogP contribution in [0.15, 0.2) is 47.6 Å². The fourth-order valence-electron chi connectivity index (χ4n) is 2.68. The summed E-state index contributed by atoms with van der Waals surface area (Å²) in [6, 6.07) is 9.69. The lowest BCUT2D eigenvalue weighted by molar-refractivity contribution is -0.137. The summed E-state index contributed by atoms with van der Waals surface area (Å²) in [6.07, 6.45) is -3.42. The van der Waals surface area contributed by atoms with Crippen LogP contribution < -0.4 is 10.3 Å². The zero-order valence-electron chi connectivity index (χ0n) is 15.6. The summed E-state index contributed by atoms with van der Waals surface area (Å²) in [7, 11) is 0. The van der Waals surface area contributed by atoms with Crippen LogP contribution in [0.2, 0.25) is 0 Å². The Morgan fingerprint density at radius 3 is 2.50 bits per heavy atom. The van der Waals surface area contributed by atoms with Crippen molar-refractivity contribution < 1.29 is 23.1 Å². The average Bonchev–Trinajstić information content (AvgIpc) is 2.64. The van der Waals surface area contributed by atoms with Gasteiger partial charge in [0.25, 0.3) is 0 Å². The molecule has 0 saturated heterocycles. The van der Waals surface area contributed by atoms with Gasteiger partial charge in [-0.25, -0.2) is 5.43 Å². The molecular weight excluding hydrogens is 371 g/mol. The van der Waals surface area contributed by atoms with E-state index in [4.69, 9.17) is 0 Å². The number of benzene rings is 2. The summed E-state index contributed by atoms with van der Waals surface area (Å²) in [5.74, 6) is -0.546. The second-order valence-corrected chi connectivity index (χ2v) is 6.08. The molecule has 0 heterocycles. The molecule has 2 aromatic carbocycles. The zero-order valence-corrected chi connectivity index (χ0v) is 15.6. The quantitative estimate of drug-likeness (QED) is 0.553. The standard InChI is InChI=1S/C20H22F3N3O2/c1-3-26(4-2)17-9-8-15(18(27)12-17)13-24-25-19(28)11-14-6-5-7-16(10-14)20(21,22)23/h5-10,12-13,27H,3-4,11H2,1-2H3,(H,25,28)/b24-13+. The van der Waals surface area contributed by atoms with Gasteiger partial charge in [0, 0.05) is 30.4 Å². The maximum Gasteiger partial charge on any atom is 0.416 e. The fourth-order valence-corrected chi connectivity index (χ4v) is 2.68. The van der Waals surface area contributed by atoms with Gasteiger partial charge in [0.15, 0.2) is 0 Å². The molecule has 0 aliphatic heterocycles. The van der Waals surface area contributed by atoms with Crippen LogP contribution in [-0.4, -0.2) is 30.3 Å². The fraction of sp³-hybridized carbons (Fsp3) is 0.300. The molecule has 0 saturated carbocycles. The van der Waals surface area contributed by atoms with Gasteiger partial charge in [-0.2, -0.15) is 18.3 Å². The van der Waals surface area contributed by atoms with Crippen LogP contribution in [0.25, 0.3) is 0 Å². The Kier molecular flexibility index (Phi) is 7.03. The van der Waals surface area contributed by atoms with Gasteiger partial charge in [-0.3, -0.25) is 4.79 Å². The average molecular weight is 393 g/mol. The Morgan fingerprint density at radius 2 is 1.89 bits per heavy atom. The molecule has 2 aromatic rings. The van der Waals surface area contributed by atoms with E-state index in [1.54, 1.807) is 12.1 Å². The molecular formula is C20H22F3N3O2. The molecule has 5 nitrogen and oxygen atoms in total. The van der Waals surface area contributed by atoms with Crippen LogP contribution in [0.1, 0.15) is 30.5 Å². The maximum absolute atomic E-state index is 12.7. The second-order valence-electron chi connectivity index (χ2n) is 6.08. The highest BCUT2D eigenvalue weighted by molar-refractivity contribution is 5.86. The Bertz CT molecular complexity index is 847. The van der Waals surface area contributed by atoms with Crippen LogP contribution in [-0.2, 0) is 17.4 Å². The van der Waals surface area contributed by atoms with E-state index in [1.165, 1.54) is 18.3 Å². The zero-order chi connectivity index (χ0) is 20.7. The van der Waals surface area contributed by atoms with Gasteiger partial charge in [0.1, 0.15) is 5.75 Å². The van der Waals surface area contributed by atoms with Gasteiger partial charge >= 0.3 is 6.18 Å². The first-order valence-electron chi connectivity index (χ1n) is 8.80. The van der Waals surface area contributed by atoms with E-state index in [2.05, 4.69) is 15.4 Å². The normalized spacial score (nSPS) is 11.6. The lowest BCUT2D eigenvalue weighted by atomic mass is 10.1. The molecule has 28 heavy (non-hydrogen) atoms. The first-order valence-corrected chi connectivity index (χ1v) is 8.80. The van der Waals surface area contributed by atoms with Crippen molar-refractivity contribution in [1.29, 1.82) is 0 Å². The summed E-state index contributed by atoms with van der Waals surface area (Å²) in [5, 5.41) is 13.9. The molecule has 0 fully saturated rings. The van der Waals surface area contributed by atoms with E-state index >= 15 is 0 Å².